The molecule has 0 heterocycles. The van der Waals surface area contributed by atoms with E-state index >= 15 is 0 Å². The van der Waals surface area contributed by atoms with Crippen LogP contribution in [0.15, 0.2) is 23.8 Å². The van der Waals surface area contributed by atoms with Crippen LogP contribution in [-0.2, 0) is 0 Å². The number of allylic oxidation sites excluding steroid dienone is 4. The van der Waals surface area contributed by atoms with E-state index in [2.05, 4.69) is 51.8 Å². The minimum atomic E-state index is 0.437. The van der Waals surface area contributed by atoms with Gasteiger partial charge in [-0.15, -0.1) is 12.3 Å². The molecule has 6 atom stereocenters. The molecule has 0 aromatic heterocycles. The Kier molecular flexibility index (Phi) is 6.54. The van der Waals surface area contributed by atoms with Gasteiger partial charge in [0.05, 0.1) is 0 Å². The number of fused-ring (bicyclic) bond motifs is 4. The summed E-state index contributed by atoms with van der Waals surface area (Å²) >= 11 is 0. The molecule has 0 bridgehead atoms. The third-order valence-electron chi connectivity index (χ3n) is 9.51. The Hall–Kier alpha value is -0.960. The molecule has 2 fully saturated rings. The van der Waals surface area contributed by atoms with Crippen LogP contribution in [-0.4, -0.2) is 0 Å². The lowest BCUT2D eigenvalue weighted by molar-refractivity contribution is 0.0566. The number of hydrogen-bond acceptors (Lipinski definition) is 0. The molecule has 0 amide bonds. The quantitative estimate of drug-likeness (QED) is 0.292. The van der Waals surface area contributed by atoms with Crippen LogP contribution in [0.25, 0.3) is 0 Å². The number of terminal acetylenes is 1. The van der Waals surface area contributed by atoms with Crippen molar-refractivity contribution in [2.45, 2.75) is 105 Å². The van der Waals surface area contributed by atoms with Crippen LogP contribution < -0.4 is 0 Å². The Balaban J connectivity index is 0.000000516. The first kappa shape index (κ1) is 21.7. The molecule has 28 heavy (non-hydrogen) atoms. The molecular formula is C28H44. The highest BCUT2D eigenvalue weighted by molar-refractivity contribution is 5.24. The van der Waals surface area contributed by atoms with E-state index in [1.807, 2.05) is 12.5 Å². The van der Waals surface area contributed by atoms with Crippen molar-refractivity contribution in [3.05, 3.63) is 23.8 Å². The van der Waals surface area contributed by atoms with Crippen LogP contribution >= 0.6 is 0 Å². The molecule has 2 saturated carbocycles. The summed E-state index contributed by atoms with van der Waals surface area (Å²) in [5.74, 6) is 4.96. The average Bonchev–Trinajstić information content (AvgIpc) is 2.97. The Bertz CT molecular complexity index is 645. The molecule has 0 spiro atoms. The lowest BCUT2D eigenvalue weighted by Gasteiger charge is -2.51. The first-order chi connectivity index (χ1) is 13.3. The molecule has 0 nitrogen and oxygen atoms in total. The lowest BCUT2D eigenvalue weighted by Crippen LogP contribution is -2.42. The van der Waals surface area contributed by atoms with Gasteiger partial charge in [0.2, 0.25) is 0 Å². The number of hydrogen-bond donors (Lipinski definition) is 0. The molecule has 0 radical (unpaired) electrons. The molecule has 4 aliphatic rings. The van der Waals surface area contributed by atoms with Crippen LogP contribution in [0.4, 0.5) is 0 Å². The lowest BCUT2D eigenvalue weighted by atomic mass is 9.53. The van der Waals surface area contributed by atoms with Gasteiger partial charge >= 0.3 is 0 Å². The van der Waals surface area contributed by atoms with E-state index in [-0.39, 0.29) is 0 Å². The van der Waals surface area contributed by atoms with E-state index in [1.165, 1.54) is 64.2 Å². The summed E-state index contributed by atoms with van der Waals surface area (Å²) in [6.07, 6.45) is 27.8. The van der Waals surface area contributed by atoms with E-state index < -0.39 is 0 Å². The molecule has 0 N–H and O–H groups in total. The van der Waals surface area contributed by atoms with Crippen molar-refractivity contribution < 1.29 is 0 Å². The van der Waals surface area contributed by atoms with Crippen LogP contribution in [0.5, 0.6) is 0 Å². The van der Waals surface area contributed by atoms with Gasteiger partial charge in [0.1, 0.15) is 0 Å². The average molecular weight is 381 g/mol. The second-order valence-corrected chi connectivity index (χ2v) is 11.1. The van der Waals surface area contributed by atoms with Gasteiger partial charge < -0.3 is 0 Å². The highest BCUT2D eigenvalue weighted by atomic mass is 14.6. The maximum absolute atomic E-state index is 4.78. The van der Waals surface area contributed by atoms with Crippen LogP contribution in [0.2, 0.25) is 0 Å². The molecule has 4 aliphatic carbocycles. The summed E-state index contributed by atoms with van der Waals surface area (Å²) in [4.78, 5) is 0. The second-order valence-electron chi connectivity index (χ2n) is 11.1. The molecule has 0 aromatic rings. The minimum Gasteiger partial charge on any atom is -0.120 e. The highest BCUT2D eigenvalue weighted by Crippen LogP contribution is 2.61. The second kappa shape index (κ2) is 8.42. The first-order valence-corrected chi connectivity index (χ1v) is 12.1. The summed E-state index contributed by atoms with van der Waals surface area (Å²) in [6, 6.07) is 0. The van der Waals surface area contributed by atoms with Gasteiger partial charge in [0.25, 0.3) is 0 Å². The zero-order valence-corrected chi connectivity index (χ0v) is 19.3. The predicted molar refractivity (Wildman–Crippen MR) is 123 cm³/mol. The van der Waals surface area contributed by atoms with Crippen molar-refractivity contribution in [3.8, 4) is 12.3 Å². The van der Waals surface area contributed by atoms with Crippen molar-refractivity contribution in [1.29, 1.82) is 0 Å². The zero-order valence-electron chi connectivity index (χ0n) is 19.3. The van der Waals surface area contributed by atoms with E-state index in [0.717, 1.165) is 24.2 Å². The zero-order chi connectivity index (χ0) is 20.4. The standard InChI is InChI=1S/C24H38.C4H6/c1-18-10-16-24(4)20(17-18)9-8-19-7-5-12-22(2)13-6-14-23(22,3)15-11-21(19)24;1-3-4-2/h7,10,16,18,20-21H,5-6,8-9,11-15,17H2,1-4H3;1H,4H2,2H3. The first-order valence-electron chi connectivity index (χ1n) is 12.1. The van der Waals surface area contributed by atoms with E-state index in [9.17, 15) is 0 Å². The molecular weight excluding hydrogens is 336 g/mol. The fourth-order valence-electron chi connectivity index (χ4n) is 7.14. The van der Waals surface area contributed by atoms with Crippen LogP contribution in [0.3, 0.4) is 0 Å². The molecule has 6 unspecified atom stereocenters. The smallest absolute Gasteiger partial charge is 0.00576 e. The summed E-state index contributed by atoms with van der Waals surface area (Å²) in [7, 11) is 0. The monoisotopic (exact) mass is 380 g/mol. The Labute approximate surface area is 175 Å². The summed E-state index contributed by atoms with van der Waals surface area (Å²) in [5, 5.41) is 0. The maximum atomic E-state index is 4.78. The fraction of sp³-hybridized carbons (Fsp3) is 0.786. The third-order valence-corrected chi connectivity index (χ3v) is 9.51. The third kappa shape index (κ3) is 3.88. The Morgan fingerprint density at radius 3 is 2.43 bits per heavy atom. The van der Waals surface area contributed by atoms with Crippen molar-refractivity contribution in [2.24, 2.45) is 34.0 Å². The molecule has 0 saturated heterocycles. The van der Waals surface area contributed by atoms with Gasteiger partial charge in [-0.25, -0.2) is 0 Å². The van der Waals surface area contributed by atoms with Gasteiger partial charge in [-0.1, -0.05) is 64.8 Å². The summed E-state index contributed by atoms with van der Waals surface area (Å²) < 4.78 is 0. The van der Waals surface area contributed by atoms with Crippen molar-refractivity contribution in [1.82, 2.24) is 0 Å². The molecule has 0 aromatic carbocycles. The van der Waals surface area contributed by atoms with E-state index in [0.29, 0.717) is 16.2 Å². The van der Waals surface area contributed by atoms with Crippen molar-refractivity contribution in [3.63, 3.8) is 0 Å². The van der Waals surface area contributed by atoms with Crippen LogP contribution in [0, 0.1) is 46.3 Å². The predicted octanol–water partition coefficient (Wildman–Crippen LogP) is 8.34. The maximum Gasteiger partial charge on any atom is 0.00576 e. The van der Waals surface area contributed by atoms with E-state index in [4.69, 9.17) is 6.42 Å². The summed E-state index contributed by atoms with van der Waals surface area (Å²) in [6.45, 7) is 12.2. The summed E-state index contributed by atoms with van der Waals surface area (Å²) in [5.41, 5.74) is 3.45. The van der Waals surface area contributed by atoms with Gasteiger partial charge in [-0.2, -0.15) is 0 Å². The Morgan fingerprint density at radius 2 is 1.75 bits per heavy atom. The van der Waals surface area contributed by atoms with Crippen molar-refractivity contribution >= 4 is 0 Å². The van der Waals surface area contributed by atoms with Gasteiger partial charge in [-0.05, 0) is 91.8 Å². The molecule has 4 rings (SSSR count). The number of rotatable bonds is 0. The van der Waals surface area contributed by atoms with E-state index in [1.54, 1.807) is 0 Å². The minimum absolute atomic E-state index is 0.437. The topological polar surface area (TPSA) is 0 Å². The van der Waals surface area contributed by atoms with Gasteiger partial charge in [-0.3, -0.25) is 0 Å². The Morgan fingerprint density at radius 1 is 1.07 bits per heavy atom. The van der Waals surface area contributed by atoms with Gasteiger partial charge in [0, 0.05) is 6.42 Å². The normalized spacial score (nSPS) is 44.9. The molecule has 156 valence electrons. The SMILES string of the molecule is C#CCC.CC1C=CC2(C)C(CCC3=CCCC4(C)CCCC4(C)CCC32)C1. The van der Waals surface area contributed by atoms with Gasteiger partial charge in [0.15, 0.2) is 0 Å². The molecule has 0 heteroatoms. The van der Waals surface area contributed by atoms with Crippen LogP contribution in [0.1, 0.15) is 105 Å². The molecule has 0 aliphatic heterocycles. The highest BCUT2D eigenvalue weighted by Gasteiger charge is 2.51. The fourth-order valence-corrected chi connectivity index (χ4v) is 7.14. The van der Waals surface area contributed by atoms with Crippen molar-refractivity contribution in [2.75, 3.05) is 0 Å². The largest absolute Gasteiger partial charge is 0.120 e.